The van der Waals surface area contributed by atoms with Crippen LogP contribution in [0.2, 0.25) is 0 Å². The molecule has 0 saturated carbocycles. The molecule has 1 aromatic heterocycles. The summed E-state index contributed by atoms with van der Waals surface area (Å²) < 4.78 is 15.9. The van der Waals surface area contributed by atoms with E-state index in [0.717, 1.165) is 10.9 Å². The summed E-state index contributed by atoms with van der Waals surface area (Å²) in [5, 5.41) is 0.847. The van der Waals surface area contributed by atoms with E-state index < -0.39 is 5.63 Å². The molecule has 0 amide bonds. The molecule has 0 bridgehead atoms. The number of hydrogen-bond donors (Lipinski definition) is 0. The fourth-order valence-electron chi connectivity index (χ4n) is 2.47. The summed E-state index contributed by atoms with van der Waals surface area (Å²) in [5.74, 6) is 0.349. The number of hydrogen-bond acceptors (Lipinski definition) is 5. The van der Waals surface area contributed by atoms with Crippen LogP contribution >= 0.6 is 0 Å². The zero-order chi connectivity index (χ0) is 17.0. The molecule has 0 N–H and O–H groups in total. The van der Waals surface area contributed by atoms with Crippen molar-refractivity contribution in [3.8, 4) is 5.75 Å². The molecule has 23 heavy (non-hydrogen) atoms. The summed E-state index contributed by atoms with van der Waals surface area (Å²) in [4.78, 5) is 23.7. The highest BCUT2D eigenvalue weighted by molar-refractivity contribution is 5.82. The van der Waals surface area contributed by atoms with Gasteiger partial charge in [0.2, 0.25) is 0 Å². The first-order valence-electron chi connectivity index (χ1n) is 7.81. The molecule has 5 nitrogen and oxygen atoms in total. The summed E-state index contributed by atoms with van der Waals surface area (Å²) in [6.45, 7) is 7.82. The van der Waals surface area contributed by atoms with Crippen LogP contribution in [0.1, 0.15) is 38.3 Å². The number of esters is 1. The number of ether oxygens (including phenoxy) is 2. The van der Waals surface area contributed by atoms with E-state index in [4.69, 9.17) is 13.9 Å². The Morgan fingerprint density at radius 1 is 1.30 bits per heavy atom. The third-order valence-corrected chi connectivity index (χ3v) is 3.52. The molecule has 5 heteroatoms. The molecular formula is C18H22O5. The smallest absolute Gasteiger partial charge is 0.339 e. The van der Waals surface area contributed by atoms with Crippen molar-refractivity contribution in [2.75, 3.05) is 6.61 Å². The Bertz CT molecular complexity index is 758. The molecule has 0 spiro atoms. The predicted molar refractivity (Wildman–Crippen MR) is 87.9 cm³/mol. The number of benzene rings is 1. The second-order valence-corrected chi connectivity index (χ2v) is 5.62. The summed E-state index contributed by atoms with van der Waals surface area (Å²) in [5.41, 5.74) is 1.42. The minimum atomic E-state index is -0.416. The van der Waals surface area contributed by atoms with Gasteiger partial charge in [-0.05, 0) is 51.8 Å². The van der Waals surface area contributed by atoms with Crippen molar-refractivity contribution < 1.29 is 18.7 Å². The van der Waals surface area contributed by atoms with Crippen molar-refractivity contribution in [1.29, 1.82) is 0 Å². The average molecular weight is 318 g/mol. The van der Waals surface area contributed by atoms with E-state index in [1.54, 1.807) is 13.0 Å². The number of fused-ring (bicyclic) bond motifs is 1. The lowest BCUT2D eigenvalue weighted by atomic mass is 10.0. The Morgan fingerprint density at radius 3 is 2.70 bits per heavy atom. The topological polar surface area (TPSA) is 65.7 Å². The number of rotatable bonds is 6. The van der Waals surface area contributed by atoms with Gasteiger partial charge < -0.3 is 13.9 Å². The third-order valence-electron chi connectivity index (χ3n) is 3.52. The van der Waals surface area contributed by atoms with E-state index in [2.05, 4.69) is 0 Å². The summed E-state index contributed by atoms with van der Waals surface area (Å²) in [6, 6.07) is 5.45. The molecule has 0 radical (unpaired) electrons. The highest BCUT2D eigenvalue weighted by atomic mass is 16.5. The van der Waals surface area contributed by atoms with Gasteiger partial charge in [0.15, 0.2) is 0 Å². The molecule has 124 valence electrons. The molecule has 2 aromatic rings. The Balaban J connectivity index is 2.33. The van der Waals surface area contributed by atoms with Crippen LogP contribution in [0.15, 0.2) is 27.4 Å². The van der Waals surface area contributed by atoms with Crippen molar-refractivity contribution in [3.63, 3.8) is 0 Å². The van der Waals surface area contributed by atoms with Gasteiger partial charge in [0, 0.05) is 23.4 Å². The SMILES string of the molecule is CCOC(=O)CCc1c(C)c2ccc(OC(C)C)cc2oc1=O. The maximum atomic E-state index is 12.2. The van der Waals surface area contributed by atoms with Gasteiger partial charge in [0.05, 0.1) is 12.7 Å². The quantitative estimate of drug-likeness (QED) is 0.603. The zero-order valence-electron chi connectivity index (χ0n) is 14.0. The van der Waals surface area contributed by atoms with Crippen LogP contribution < -0.4 is 10.4 Å². The fraction of sp³-hybridized carbons (Fsp3) is 0.444. The van der Waals surface area contributed by atoms with E-state index in [9.17, 15) is 9.59 Å². The molecule has 0 aliphatic heterocycles. The average Bonchev–Trinajstić information content (AvgIpc) is 2.46. The van der Waals surface area contributed by atoms with E-state index >= 15 is 0 Å². The van der Waals surface area contributed by atoms with Crippen LogP contribution in [0.25, 0.3) is 11.0 Å². The summed E-state index contributed by atoms with van der Waals surface area (Å²) in [6.07, 6.45) is 0.524. The van der Waals surface area contributed by atoms with Crippen molar-refractivity contribution in [2.45, 2.75) is 46.6 Å². The van der Waals surface area contributed by atoms with Crippen LogP contribution in [-0.2, 0) is 16.0 Å². The van der Waals surface area contributed by atoms with Crippen molar-refractivity contribution >= 4 is 16.9 Å². The third kappa shape index (κ3) is 4.12. The van der Waals surface area contributed by atoms with Gasteiger partial charge >= 0.3 is 11.6 Å². The molecule has 0 aliphatic carbocycles. The number of carbonyl (C=O) groups is 1. The van der Waals surface area contributed by atoms with Crippen LogP contribution in [0.5, 0.6) is 5.75 Å². The molecule has 0 atom stereocenters. The Kier molecular flexibility index (Phi) is 5.42. The second kappa shape index (κ2) is 7.31. The lowest BCUT2D eigenvalue weighted by Gasteiger charge is -2.11. The van der Waals surface area contributed by atoms with Gasteiger partial charge in [0.1, 0.15) is 11.3 Å². The maximum absolute atomic E-state index is 12.2. The minimum Gasteiger partial charge on any atom is -0.491 e. The zero-order valence-corrected chi connectivity index (χ0v) is 14.0. The van der Waals surface area contributed by atoms with Crippen molar-refractivity contribution in [2.24, 2.45) is 0 Å². The van der Waals surface area contributed by atoms with Gasteiger partial charge in [-0.3, -0.25) is 4.79 Å². The lowest BCUT2D eigenvalue weighted by molar-refractivity contribution is -0.143. The van der Waals surface area contributed by atoms with Gasteiger partial charge in [-0.1, -0.05) is 0 Å². The Hall–Kier alpha value is -2.30. The van der Waals surface area contributed by atoms with E-state index in [1.807, 2.05) is 32.9 Å². The molecule has 1 heterocycles. The first-order chi connectivity index (χ1) is 10.9. The summed E-state index contributed by atoms with van der Waals surface area (Å²) >= 11 is 0. The van der Waals surface area contributed by atoms with Gasteiger partial charge in [-0.2, -0.15) is 0 Å². The lowest BCUT2D eigenvalue weighted by Crippen LogP contribution is -2.14. The fourth-order valence-corrected chi connectivity index (χ4v) is 2.47. The van der Waals surface area contributed by atoms with Gasteiger partial charge in [0.25, 0.3) is 0 Å². The van der Waals surface area contributed by atoms with Gasteiger partial charge in [-0.25, -0.2) is 4.79 Å². The molecule has 0 unspecified atom stereocenters. The highest BCUT2D eigenvalue weighted by Crippen LogP contribution is 2.25. The maximum Gasteiger partial charge on any atom is 0.339 e. The predicted octanol–water partition coefficient (Wildman–Crippen LogP) is 3.38. The standard InChI is InChI=1S/C18H22O5/c1-5-21-17(19)9-8-15-12(4)14-7-6-13(22-11(2)3)10-16(14)23-18(15)20/h6-7,10-11H,5,8-9H2,1-4H3. The Labute approximate surface area is 135 Å². The van der Waals surface area contributed by atoms with Crippen molar-refractivity contribution in [3.05, 3.63) is 39.7 Å². The first kappa shape index (κ1) is 17.1. The molecule has 2 rings (SSSR count). The van der Waals surface area contributed by atoms with Crippen LogP contribution in [-0.4, -0.2) is 18.7 Å². The first-order valence-corrected chi connectivity index (χ1v) is 7.81. The van der Waals surface area contributed by atoms with Gasteiger partial charge in [-0.15, -0.1) is 0 Å². The molecule has 0 aliphatic rings. The normalized spacial score (nSPS) is 11.0. The molecule has 1 aromatic carbocycles. The molecular weight excluding hydrogens is 296 g/mol. The molecule has 0 saturated heterocycles. The van der Waals surface area contributed by atoms with Crippen LogP contribution in [0.4, 0.5) is 0 Å². The van der Waals surface area contributed by atoms with E-state index in [0.29, 0.717) is 29.9 Å². The minimum absolute atomic E-state index is 0.0455. The van der Waals surface area contributed by atoms with E-state index in [-0.39, 0.29) is 18.5 Å². The van der Waals surface area contributed by atoms with Crippen LogP contribution in [0, 0.1) is 6.92 Å². The van der Waals surface area contributed by atoms with Crippen molar-refractivity contribution in [1.82, 2.24) is 0 Å². The molecule has 0 fully saturated rings. The Morgan fingerprint density at radius 2 is 2.04 bits per heavy atom. The second-order valence-electron chi connectivity index (χ2n) is 5.62. The number of carbonyl (C=O) groups excluding carboxylic acids is 1. The van der Waals surface area contributed by atoms with Crippen LogP contribution in [0.3, 0.4) is 0 Å². The highest BCUT2D eigenvalue weighted by Gasteiger charge is 2.14. The summed E-state index contributed by atoms with van der Waals surface area (Å²) in [7, 11) is 0. The monoisotopic (exact) mass is 318 g/mol. The van der Waals surface area contributed by atoms with E-state index in [1.165, 1.54) is 0 Å². The largest absolute Gasteiger partial charge is 0.491 e. The number of aryl methyl sites for hydroxylation is 1.